The molecule has 106 valence electrons. The highest BCUT2D eigenvalue weighted by atomic mass is 79.9. The van der Waals surface area contributed by atoms with E-state index in [9.17, 15) is 9.59 Å². The van der Waals surface area contributed by atoms with E-state index in [0.29, 0.717) is 13.0 Å². The van der Waals surface area contributed by atoms with Crippen molar-refractivity contribution in [3.8, 4) is 0 Å². The fraction of sp³-hybridized carbons (Fsp3) is 0.333. The number of ether oxygens (including phenoxy) is 1. The van der Waals surface area contributed by atoms with Crippen molar-refractivity contribution in [1.29, 1.82) is 0 Å². The third-order valence-electron chi connectivity index (χ3n) is 3.32. The van der Waals surface area contributed by atoms with Crippen LogP contribution < -0.4 is 0 Å². The summed E-state index contributed by atoms with van der Waals surface area (Å²) in [5.41, 5.74) is 0.926. The highest BCUT2D eigenvalue weighted by Crippen LogP contribution is 2.20. The number of esters is 1. The molecule has 0 spiro atoms. The van der Waals surface area contributed by atoms with Gasteiger partial charge in [0, 0.05) is 17.1 Å². The molecule has 4 nitrogen and oxygen atoms in total. The first-order chi connectivity index (χ1) is 9.63. The number of carbonyl (C=O) groups excluding carboxylic acids is 2. The standard InChI is InChI=1S/C15H16BrNO3/c1-20-15(19)13-7-4-10-17(13)14(18)9-8-11-5-2-3-6-12(11)16/h2-3,5-6,8-9,13H,4,7,10H2,1H3/b9-8+. The van der Waals surface area contributed by atoms with Crippen LogP contribution in [0.15, 0.2) is 34.8 Å². The molecule has 1 fully saturated rings. The van der Waals surface area contributed by atoms with E-state index in [0.717, 1.165) is 16.5 Å². The third-order valence-corrected chi connectivity index (χ3v) is 4.04. The van der Waals surface area contributed by atoms with Crippen molar-refractivity contribution in [3.63, 3.8) is 0 Å². The van der Waals surface area contributed by atoms with Gasteiger partial charge in [-0.05, 0) is 30.5 Å². The lowest BCUT2D eigenvalue weighted by Crippen LogP contribution is -2.40. The van der Waals surface area contributed by atoms with Gasteiger partial charge in [0.2, 0.25) is 5.91 Å². The Kier molecular flexibility index (Phi) is 4.95. The van der Waals surface area contributed by atoms with Crippen LogP contribution in [0, 0.1) is 0 Å². The van der Waals surface area contributed by atoms with Crippen molar-refractivity contribution in [2.45, 2.75) is 18.9 Å². The molecule has 0 aliphatic carbocycles. The number of carbonyl (C=O) groups is 2. The molecule has 1 aromatic rings. The Morgan fingerprint density at radius 2 is 2.15 bits per heavy atom. The molecule has 0 bridgehead atoms. The Bertz CT molecular complexity index is 542. The minimum absolute atomic E-state index is 0.159. The van der Waals surface area contributed by atoms with Crippen LogP contribution in [0.25, 0.3) is 6.08 Å². The molecule has 0 saturated carbocycles. The van der Waals surface area contributed by atoms with Gasteiger partial charge in [0.15, 0.2) is 0 Å². The largest absolute Gasteiger partial charge is 0.467 e. The van der Waals surface area contributed by atoms with Crippen molar-refractivity contribution in [2.75, 3.05) is 13.7 Å². The Morgan fingerprint density at radius 1 is 1.40 bits per heavy atom. The highest BCUT2D eigenvalue weighted by Gasteiger charge is 2.33. The highest BCUT2D eigenvalue weighted by molar-refractivity contribution is 9.10. The van der Waals surface area contributed by atoms with E-state index in [4.69, 9.17) is 4.74 Å². The maximum atomic E-state index is 12.2. The van der Waals surface area contributed by atoms with Crippen LogP contribution in [-0.4, -0.2) is 36.5 Å². The summed E-state index contributed by atoms with van der Waals surface area (Å²) >= 11 is 3.43. The van der Waals surface area contributed by atoms with E-state index in [1.165, 1.54) is 13.2 Å². The van der Waals surface area contributed by atoms with Crippen molar-refractivity contribution >= 4 is 33.9 Å². The molecule has 0 aromatic heterocycles. The first-order valence-corrected chi connectivity index (χ1v) is 7.24. The zero-order valence-corrected chi connectivity index (χ0v) is 12.8. The second-order valence-electron chi connectivity index (χ2n) is 4.57. The second kappa shape index (κ2) is 6.70. The quantitative estimate of drug-likeness (QED) is 0.629. The fourth-order valence-corrected chi connectivity index (χ4v) is 2.70. The van der Waals surface area contributed by atoms with E-state index in [1.54, 1.807) is 11.0 Å². The van der Waals surface area contributed by atoms with E-state index in [1.807, 2.05) is 24.3 Å². The van der Waals surface area contributed by atoms with Gasteiger partial charge in [0.05, 0.1) is 7.11 Å². The van der Waals surface area contributed by atoms with Gasteiger partial charge >= 0.3 is 5.97 Å². The molecule has 1 saturated heterocycles. The molecule has 2 rings (SSSR count). The van der Waals surface area contributed by atoms with E-state index in [2.05, 4.69) is 15.9 Å². The summed E-state index contributed by atoms with van der Waals surface area (Å²) in [6.45, 7) is 0.596. The molecule has 1 aromatic carbocycles. The molecule has 1 atom stereocenters. The number of amides is 1. The lowest BCUT2D eigenvalue weighted by molar-refractivity contribution is -0.149. The predicted octanol–water partition coefficient (Wildman–Crippen LogP) is 2.63. The minimum Gasteiger partial charge on any atom is -0.467 e. The van der Waals surface area contributed by atoms with Crippen LogP contribution in [0.2, 0.25) is 0 Å². The summed E-state index contributed by atoms with van der Waals surface area (Å²) in [6.07, 6.45) is 4.75. The molecule has 5 heteroatoms. The Balaban J connectivity index is 2.08. The van der Waals surface area contributed by atoms with Gasteiger partial charge in [0.25, 0.3) is 0 Å². The number of hydrogen-bond donors (Lipinski definition) is 0. The molecule has 1 aliphatic rings. The molecular formula is C15H16BrNO3. The zero-order valence-electron chi connectivity index (χ0n) is 11.2. The van der Waals surface area contributed by atoms with Crippen LogP contribution in [0.4, 0.5) is 0 Å². The van der Waals surface area contributed by atoms with Crippen molar-refractivity contribution in [3.05, 3.63) is 40.4 Å². The van der Waals surface area contributed by atoms with Gasteiger partial charge in [0.1, 0.15) is 6.04 Å². The Morgan fingerprint density at radius 3 is 2.85 bits per heavy atom. The first kappa shape index (κ1) is 14.8. The third kappa shape index (κ3) is 3.28. The van der Waals surface area contributed by atoms with E-state index in [-0.39, 0.29) is 11.9 Å². The van der Waals surface area contributed by atoms with Crippen LogP contribution in [-0.2, 0) is 14.3 Å². The maximum Gasteiger partial charge on any atom is 0.328 e. The zero-order chi connectivity index (χ0) is 14.5. The summed E-state index contributed by atoms with van der Waals surface area (Å²) < 4.78 is 5.66. The van der Waals surface area contributed by atoms with E-state index >= 15 is 0 Å². The lowest BCUT2D eigenvalue weighted by Gasteiger charge is -2.20. The molecule has 0 N–H and O–H groups in total. The monoisotopic (exact) mass is 337 g/mol. The molecular weight excluding hydrogens is 322 g/mol. The predicted molar refractivity (Wildman–Crippen MR) is 79.9 cm³/mol. The summed E-state index contributed by atoms with van der Waals surface area (Å²) in [4.78, 5) is 25.4. The van der Waals surface area contributed by atoms with Crippen molar-refractivity contribution in [2.24, 2.45) is 0 Å². The van der Waals surface area contributed by atoms with Gasteiger partial charge in [-0.1, -0.05) is 34.1 Å². The van der Waals surface area contributed by atoms with Crippen LogP contribution >= 0.6 is 15.9 Å². The van der Waals surface area contributed by atoms with Gasteiger partial charge in [-0.15, -0.1) is 0 Å². The summed E-state index contributed by atoms with van der Waals surface area (Å²) in [5.74, 6) is -0.501. The average molecular weight is 338 g/mol. The smallest absolute Gasteiger partial charge is 0.328 e. The van der Waals surface area contributed by atoms with Gasteiger partial charge in [-0.25, -0.2) is 4.79 Å². The van der Waals surface area contributed by atoms with Crippen LogP contribution in [0.3, 0.4) is 0 Å². The average Bonchev–Trinajstić information content (AvgIpc) is 2.94. The second-order valence-corrected chi connectivity index (χ2v) is 5.42. The topological polar surface area (TPSA) is 46.6 Å². The molecule has 0 radical (unpaired) electrons. The van der Waals surface area contributed by atoms with Gasteiger partial charge in [-0.2, -0.15) is 0 Å². The number of methoxy groups -OCH3 is 1. The summed E-state index contributed by atoms with van der Waals surface area (Å²) in [6, 6.07) is 7.20. The Labute approximate surface area is 126 Å². The normalized spacial score (nSPS) is 18.5. The number of halogens is 1. The van der Waals surface area contributed by atoms with Crippen molar-refractivity contribution < 1.29 is 14.3 Å². The number of rotatable bonds is 3. The number of hydrogen-bond acceptors (Lipinski definition) is 3. The van der Waals surface area contributed by atoms with Crippen LogP contribution in [0.5, 0.6) is 0 Å². The Hall–Kier alpha value is -1.62. The number of benzene rings is 1. The lowest BCUT2D eigenvalue weighted by atomic mass is 10.2. The SMILES string of the molecule is COC(=O)C1CCCN1C(=O)/C=C/c1ccccc1Br. The van der Waals surface area contributed by atoms with Gasteiger partial charge < -0.3 is 9.64 Å². The fourth-order valence-electron chi connectivity index (χ4n) is 2.28. The number of likely N-dealkylation sites (tertiary alicyclic amines) is 1. The summed E-state index contributed by atoms with van der Waals surface area (Å²) in [5, 5.41) is 0. The van der Waals surface area contributed by atoms with Crippen molar-refractivity contribution in [1.82, 2.24) is 4.90 Å². The van der Waals surface area contributed by atoms with E-state index < -0.39 is 6.04 Å². The molecule has 1 unspecified atom stereocenters. The first-order valence-electron chi connectivity index (χ1n) is 6.44. The molecule has 1 aliphatic heterocycles. The minimum atomic E-state index is -0.448. The van der Waals surface area contributed by atoms with Crippen LogP contribution in [0.1, 0.15) is 18.4 Å². The maximum absolute atomic E-state index is 12.2. The molecule has 1 heterocycles. The van der Waals surface area contributed by atoms with Gasteiger partial charge in [-0.3, -0.25) is 4.79 Å². The molecule has 20 heavy (non-hydrogen) atoms. The summed E-state index contributed by atoms with van der Waals surface area (Å²) in [7, 11) is 1.35. The number of nitrogens with zero attached hydrogens (tertiary/aromatic N) is 1. The molecule has 1 amide bonds.